The smallest absolute Gasteiger partial charge is 0.366 e. The van der Waals surface area contributed by atoms with Crippen molar-refractivity contribution >= 4 is 5.91 Å². The molecule has 1 fully saturated rings. The molecule has 1 heterocycles. The quantitative estimate of drug-likeness (QED) is 0.828. The number of carbonyl (C=O) groups is 1. The lowest BCUT2D eigenvalue weighted by atomic mass is 10.0. The van der Waals surface area contributed by atoms with Gasteiger partial charge in [0.15, 0.2) is 0 Å². The maximum absolute atomic E-state index is 13.0. The molecule has 0 aromatic heterocycles. The Morgan fingerprint density at radius 2 is 1.88 bits per heavy atom. The van der Waals surface area contributed by atoms with Gasteiger partial charge < -0.3 is 9.64 Å². The number of nitrogens with zero attached hydrogens (tertiary/aromatic N) is 1. The summed E-state index contributed by atoms with van der Waals surface area (Å²) >= 11 is 0. The van der Waals surface area contributed by atoms with Crippen molar-refractivity contribution in [2.24, 2.45) is 0 Å². The van der Waals surface area contributed by atoms with Crippen LogP contribution in [-0.2, 0) is 28.7 Å². The summed E-state index contributed by atoms with van der Waals surface area (Å²) in [7, 11) is 0. The van der Waals surface area contributed by atoms with Gasteiger partial charge in [0.05, 0.1) is 17.7 Å². The van der Waals surface area contributed by atoms with Crippen LogP contribution in [0.15, 0.2) is 48.5 Å². The minimum absolute atomic E-state index is 0.0336. The lowest BCUT2D eigenvalue weighted by molar-refractivity contribution is -0.157. The zero-order chi connectivity index (χ0) is 17.6. The Bertz CT molecular complexity index is 804. The third kappa shape index (κ3) is 2.91. The van der Waals surface area contributed by atoms with Gasteiger partial charge in [-0.15, -0.1) is 0 Å². The van der Waals surface area contributed by atoms with Crippen LogP contribution in [0.25, 0.3) is 0 Å². The number of amides is 1. The SMILES string of the molecule is O=C1COC2Cc3cc(C(F)(F)F)ccc3C2N1Cc1ccccc1. The zero-order valence-corrected chi connectivity index (χ0v) is 13.3. The molecule has 0 radical (unpaired) electrons. The lowest BCUT2D eigenvalue weighted by Crippen LogP contribution is -2.46. The van der Waals surface area contributed by atoms with Crippen LogP contribution in [0.1, 0.15) is 28.3 Å². The Balaban J connectivity index is 1.69. The molecule has 2 unspecified atom stereocenters. The van der Waals surface area contributed by atoms with E-state index in [4.69, 9.17) is 4.74 Å². The summed E-state index contributed by atoms with van der Waals surface area (Å²) in [6.45, 7) is 0.388. The van der Waals surface area contributed by atoms with Crippen molar-refractivity contribution < 1.29 is 22.7 Å². The van der Waals surface area contributed by atoms with Crippen molar-refractivity contribution in [1.82, 2.24) is 4.90 Å². The van der Waals surface area contributed by atoms with Gasteiger partial charge in [-0.3, -0.25) is 4.79 Å². The largest absolute Gasteiger partial charge is 0.416 e. The number of carbonyl (C=O) groups excluding carboxylic acids is 1. The second kappa shape index (κ2) is 5.88. The van der Waals surface area contributed by atoms with Gasteiger partial charge in [0.25, 0.3) is 0 Å². The number of alkyl halides is 3. The van der Waals surface area contributed by atoms with Crippen LogP contribution in [0.2, 0.25) is 0 Å². The Hall–Kier alpha value is -2.34. The number of ether oxygens (including phenoxy) is 1. The fraction of sp³-hybridized carbons (Fsp3) is 0.316. The van der Waals surface area contributed by atoms with E-state index >= 15 is 0 Å². The normalized spacial score (nSPS) is 22.7. The highest BCUT2D eigenvalue weighted by molar-refractivity contribution is 5.79. The van der Waals surface area contributed by atoms with Crippen LogP contribution in [0.3, 0.4) is 0 Å². The van der Waals surface area contributed by atoms with Gasteiger partial charge in [-0.1, -0.05) is 36.4 Å². The summed E-state index contributed by atoms with van der Waals surface area (Å²) in [5, 5.41) is 0. The molecular weight excluding hydrogens is 331 g/mol. The van der Waals surface area contributed by atoms with E-state index in [1.807, 2.05) is 30.3 Å². The molecule has 0 saturated carbocycles. The maximum Gasteiger partial charge on any atom is 0.416 e. The molecule has 2 aromatic rings. The predicted molar refractivity (Wildman–Crippen MR) is 84.6 cm³/mol. The summed E-state index contributed by atoms with van der Waals surface area (Å²) < 4.78 is 44.5. The van der Waals surface area contributed by atoms with E-state index in [1.165, 1.54) is 12.1 Å². The molecule has 0 spiro atoms. The fourth-order valence-corrected chi connectivity index (χ4v) is 3.68. The summed E-state index contributed by atoms with van der Waals surface area (Å²) in [5.41, 5.74) is 1.68. The first-order valence-corrected chi connectivity index (χ1v) is 8.08. The average molecular weight is 347 g/mol. The fourth-order valence-electron chi connectivity index (χ4n) is 3.68. The molecule has 130 valence electrons. The highest BCUT2D eigenvalue weighted by Gasteiger charge is 2.44. The van der Waals surface area contributed by atoms with Gasteiger partial charge in [0.2, 0.25) is 5.91 Å². The van der Waals surface area contributed by atoms with Crippen molar-refractivity contribution in [1.29, 1.82) is 0 Å². The van der Waals surface area contributed by atoms with Gasteiger partial charge in [0.1, 0.15) is 6.61 Å². The summed E-state index contributed by atoms with van der Waals surface area (Å²) in [4.78, 5) is 14.1. The van der Waals surface area contributed by atoms with Crippen molar-refractivity contribution in [3.63, 3.8) is 0 Å². The second-order valence-corrected chi connectivity index (χ2v) is 6.42. The Kier molecular flexibility index (Phi) is 3.80. The molecule has 4 rings (SSSR count). The standard InChI is InChI=1S/C19H16F3NO2/c20-19(21,22)14-6-7-15-13(8-14)9-16-18(15)23(17(24)11-25-16)10-12-4-2-1-3-5-12/h1-8,16,18H,9-11H2. The number of benzene rings is 2. The van der Waals surface area contributed by atoms with E-state index in [2.05, 4.69) is 0 Å². The van der Waals surface area contributed by atoms with Crippen LogP contribution in [-0.4, -0.2) is 23.5 Å². The molecule has 25 heavy (non-hydrogen) atoms. The van der Waals surface area contributed by atoms with Crippen LogP contribution in [0.4, 0.5) is 13.2 Å². The highest BCUT2D eigenvalue weighted by Crippen LogP contribution is 2.43. The number of halogens is 3. The van der Waals surface area contributed by atoms with Gasteiger partial charge >= 0.3 is 6.18 Å². The maximum atomic E-state index is 13.0. The van der Waals surface area contributed by atoms with E-state index in [1.54, 1.807) is 4.90 Å². The topological polar surface area (TPSA) is 29.5 Å². The highest BCUT2D eigenvalue weighted by atomic mass is 19.4. The Morgan fingerprint density at radius 1 is 1.12 bits per heavy atom. The van der Waals surface area contributed by atoms with E-state index in [9.17, 15) is 18.0 Å². The van der Waals surface area contributed by atoms with E-state index < -0.39 is 11.7 Å². The number of hydrogen-bond acceptors (Lipinski definition) is 2. The average Bonchev–Trinajstić information content (AvgIpc) is 2.95. The molecule has 1 amide bonds. The summed E-state index contributed by atoms with van der Waals surface area (Å²) in [6, 6.07) is 13.0. The van der Waals surface area contributed by atoms with E-state index in [-0.39, 0.29) is 24.7 Å². The number of fused-ring (bicyclic) bond motifs is 3. The zero-order valence-electron chi connectivity index (χ0n) is 13.3. The first-order chi connectivity index (χ1) is 11.9. The monoisotopic (exact) mass is 347 g/mol. The second-order valence-electron chi connectivity index (χ2n) is 6.42. The molecule has 1 aliphatic heterocycles. The molecule has 2 aliphatic rings. The molecule has 1 aliphatic carbocycles. The van der Waals surface area contributed by atoms with Crippen LogP contribution >= 0.6 is 0 Å². The van der Waals surface area contributed by atoms with Crippen molar-refractivity contribution in [3.05, 3.63) is 70.8 Å². The van der Waals surface area contributed by atoms with E-state index in [0.29, 0.717) is 18.5 Å². The van der Waals surface area contributed by atoms with Gasteiger partial charge in [0, 0.05) is 13.0 Å². The van der Waals surface area contributed by atoms with Crippen molar-refractivity contribution in [3.8, 4) is 0 Å². The number of rotatable bonds is 2. The Labute approximate surface area is 143 Å². The molecule has 2 atom stereocenters. The van der Waals surface area contributed by atoms with Gasteiger partial charge in [-0.25, -0.2) is 0 Å². The third-order valence-corrected chi connectivity index (χ3v) is 4.83. The summed E-state index contributed by atoms with van der Waals surface area (Å²) in [6.07, 6.45) is -4.27. The Morgan fingerprint density at radius 3 is 2.60 bits per heavy atom. The molecule has 0 bridgehead atoms. The molecule has 3 nitrogen and oxygen atoms in total. The minimum atomic E-state index is -4.37. The predicted octanol–water partition coefficient (Wildman–Crippen LogP) is 3.73. The van der Waals surface area contributed by atoms with Crippen molar-refractivity contribution in [2.45, 2.75) is 31.3 Å². The van der Waals surface area contributed by atoms with Crippen LogP contribution in [0.5, 0.6) is 0 Å². The third-order valence-electron chi connectivity index (χ3n) is 4.83. The molecule has 1 saturated heterocycles. The molecule has 2 aromatic carbocycles. The number of hydrogen-bond donors (Lipinski definition) is 0. The number of morpholine rings is 1. The van der Waals surface area contributed by atoms with Crippen molar-refractivity contribution in [2.75, 3.05) is 6.61 Å². The first-order valence-electron chi connectivity index (χ1n) is 8.08. The van der Waals surface area contributed by atoms with Gasteiger partial charge in [-0.05, 0) is 28.8 Å². The molecule has 6 heteroatoms. The summed E-state index contributed by atoms with van der Waals surface area (Å²) in [5.74, 6) is -0.141. The van der Waals surface area contributed by atoms with E-state index in [0.717, 1.165) is 17.2 Å². The molecule has 0 N–H and O–H groups in total. The van der Waals surface area contributed by atoms with Crippen LogP contribution in [0, 0.1) is 0 Å². The van der Waals surface area contributed by atoms with Gasteiger partial charge in [-0.2, -0.15) is 13.2 Å². The minimum Gasteiger partial charge on any atom is -0.366 e. The van der Waals surface area contributed by atoms with Crippen LogP contribution < -0.4 is 0 Å². The lowest BCUT2D eigenvalue weighted by Gasteiger charge is -2.38. The molecular formula is C19H16F3NO2. The first kappa shape index (κ1) is 16.1.